The number of para-hydroxylation sites is 1. The van der Waals surface area contributed by atoms with E-state index in [0.29, 0.717) is 27.1 Å². The number of nitrogens with two attached hydrogens (primary N) is 1. The van der Waals surface area contributed by atoms with Crippen molar-refractivity contribution < 1.29 is 9.90 Å². The summed E-state index contributed by atoms with van der Waals surface area (Å²) in [6.45, 7) is 0. The molecule has 100 valence electrons. The predicted octanol–water partition coefficient (Wildman–Crippen LogP) is 3.34. The fourth-order valence-electron chi connectivity index (χ4n) is 1.71. The fourth-order valence-corrected chi connectivity index (χ4v) is 2.19. The summed E-state index contributed by atoms with van der Waals surface area (Å²) >= 11 is 3.33. The van der Waals surface area contributed by atoms with E-state index in [1.54, 1.807) is 30.3 Å². The smallest absolute Gasteiger partial charge is 0.337 e. The first-order valence-electron chi connectivity index (χ1n) is 5.61. The fraction of sp³-hybridized carbons (Fsp3) is 0. The Morgan fingerprint density at radius 3 is 2.70 bits per heavy atom. The van der Waals surface area contributed by atoms with Crippen LogP contribution in [0.2, 0.25) is 0 Å². The Balaban J connectivity index is 2.45. The lowest BCUT2D eigenvalue weighted by Gasteiger charge is -2.13. The third kappa shape index (κ3) is 2.73. The van der Waals surface area contributed by atoms with Crippen molar-refractivity contribution in [2.45, 2.75) is 0 Å². The van der Waals surface area contributed by atoms with E-state index < -0.39 is 5.97 Å². The number of rotatable bonds is 3. The molecule has 0 atom stereocenters. The first-order chi connectivity index (χ1) is 9.52. The number of carboxylic acids is 1. The van der Waals surface area contributed by atoms with Crippen molar-refractivity contribution in [3.63, 3.8) is 0 Å². The number of hydrogen-bond donors (Lipinski definition) is 3. The van der Waals surface area contributed by atoms with Crippen molar-refractivity contribution in [1.29, 1.82) is 5.26 Å². The molecule has 0 amide bonds. The molecule has 0 saturated carbocycles. The number of carboxylic acid groups (broad SMARTS) is 1. The Labute approximate surface area is 123 Å². The molecular weight excluding hydrogens is 322 g/mol. The van der Waals surface area contributed by atoms with E-state index in [1.807, 2.05) is 6.07 Å². The number of aromatic carboxylic acids is 1. The molecular formula is C14H10BrN3O2. The first-order valence-corrected chi connectivity index (χ1v) is 6.40. The highest BCUT2D eigenvalue weighted by atomic mass is 79.9. The van der Waals surface area contributed by atoms with E-state index in [9.17, 15) is 4.79 Å². The van der Waals surface area contributed by atoms with E-state index in [1.165, 1.54) is 6.07 Å². The number of nitrogens with zero attached hydrogens (tertiary/aromatic N) is 1. The summed E-state index contributed by atoms with van der Waals surface area (Å²) in [4.78, 5) is 11.2. The largest absolute Gasteiger partial charge is 0.478 e. The normalized spacial score (nSPS) is 9.80. The highest BCUT2D eigenvalue weighted by molar-refractivity contribution is 9.10. The summed E-state index contributed by atoms with van der Waals surface area (Å²) in [6.07, 6.45) is 0. The molecule has 20 heavy (non-hydrogen) atoms. The van der Waals surface area contributed by atoms with Crippen LogP contribution in [0.1, 0.15) is 15.9 Å². The molecule has 4 N–H and O–H groups in total. The molecule has 0 bridgehead atoms. The van der Waals surface area contributed by atoms with Crippen molar-refractivity contribution in [3.8, 4) is 6.07 Å². The molecule has 0 heterocycles. The summed E-state index contributed by atoms with van der Waals surface area (Å²) in [7, 11) is 0. The minimum Gasteiger partial charge on any atom is -0.478 e. The van der Waals surface area contributed by atoms with Crippen LogP contribution in [0.3, 0.4) is 0 Å². The average Bonchev–Trinajstić information content (AvgIpc) is 2.42. The molecule has 0 saturated heterocycles. The van der Waals surface area contributed by atoms with Crippen LogP contribution in [0.25, 0.3) is 0 Å². The van der Waals surface area contributed by atoms with Crippen LogP contribution in [0.5, 0.6) is 0 Å². The van der Waals surface area contributed by atoms with Gasteiger partial charge in [-0.3, -0.25) is 0 Å². The number of benzene rings is 2. The van der Waals surface area contributed by atoms with Crippen LogP contribution in [-0.2, 0) is 0 Å². The zero-order valence-electron chi connectivity index (χ0n) is 10.2. The predicted molar refractivity (Wildman–Crippen MR) is 80.0 cm³/mol. The summed E-state index contributed by atoms with van der Waals surface area (Å²) in [6, 6.07) is 11.6. The Kier molecular flexibility index (Phi) is 3.91. The van der Waals surface area contributed by atoms with Crippen molar-refractivity contribution in [2.24, 2.45) is 0 Å². The van der Waals surface area contributed by atoms with Gasteiger partial charge in [0.25, 0.3) is 0 Å². The second-order valence-corrected chi connectivity index (χ2v) is 4.86. The van der Waals surface area contributed by atoms with Crippen molar-refractivity contribution >= 4 is 39.0 Å². The summed E-state index contributed by atoms with van der Waals surface area (Å²) in [5.74, 6) is -1.07. The van der Waals surface area contributed by atoms with Gasteiger partial charge in [-0.05, 0) is 46.3 Å². The number of halogens is 1. The van der Waals surface area contributed by atoms with Crippen LogP contribution in [-0.4, -0.2) is 11.1 Å². The second kappa shape index (κ2) is 5.63. The van der Waals surface area contributed by atoms with Gasteiger partial charge >= 0.3 is 5.97 Å². The molecule has 0 radical (unpaired) electrons. The van der Waals surface area contributed by atoms with Crippen molar-refractivity contribution in [2.75, 3.05) is 11.1 Å². The maximum atomic E-state index is 11.2. The lowest BCUT2D eigenvalue weighted by molar-refractivity contribution is 0.0698. The van der Waals surface area contributed by atoms with E-state index in [2.05, 4.69) is 21.2 Å². The third-order valence-electron chi connectivity index (χ3n) is 2.68. The zero-order chi connectivity index (χ0) is 14.7. The lowest BCUT2D eigenvalue weighted by Crippen LogP contribution is -2.06. The molecule has 2 aromatic rings. The number of nitrogens with one attached hydrogen (secondary N) is 1. The lowest BCUT2D eigenvalue weighted by atomic mass is 10.1. The molecule has 0 fully saturated rings. The average molecular weight is 332 g/mol. The Hall–Kier alpha value is -2.52. The molecule has 2 rings (SSSR count). The standard InChI is InChI=1S/C14H10BrN3O2/c15-10-6-8(7-16)4-5-12(10)18-13-9(14(19)20)2-1-3-11(13)17/h1-6,18H,17H2,(H,19,20). The molecule has 2 aromatic carbocycles. The van der Waals surface area contributed by atoms with Crippen LogP contribution < -0.4 is 11.1 Å². The van der Waals surface area contributed by atoms with Crippen LogP contribution in [0.4, 0.5) is 17.1 Å². The first kappa shape index (κ1) is 13.9. The molecule has 0 spiro atoms. The van der Waals surface area contributed by atoms with Crippen LogP contribution >= 0.6 is 15.9 Å². The number of carbonyl (C=O) groups is 1. The summed E-state index contributed by atoms with van der Waals surface area (Å²) in [5, 5.41) is 21.0. The van der Waals surface area contributed by atoms with Crippen molar-refractivity contribution in [1.82, 2.24) is 0 Å². The van der Waals surface area contributed by atoms with Gasteiger partial charge < -0.3 is 16.2 Å². The molecule has 0 aliphatic heterocycles. The molecule has 5 nitrogen and oxygen atoms in total. The maximum Gasteiger partial charge on any atom is 0.337 e. The summed E-state index contributed by atoms with van der Waals surface area (Å²) < 4.78 is 0.649. The number of nitrogen functional groups attached to an aromatic ring is 1. The molecule has 0 unspecified atom stereocenters. The van der Waals surface area contributed by atoms with E-state index >= 15 is 0 Å². The monoisotopic (exact) mass is 331 g/mol. The van der Waals surface area contributed by atoms with Gasteiger partial charge in [0.05, 0.1) is 34.3 Å². The van der Waals surface area contributed by atoms with Crippen molar-refractivity contribution in [3.05, 3.63) is 52.0 Å². The topological polar surface area (TPSA) is 99.1 Å². The molecule has 0 aliphatic rings. The van der Waals surface area contributed by atoms with Gasteiger partial charge in [0.2, 0.25) is 0 Å². The Morgan fingerprint density at radius 1 is 1.35 bits per heavy atom. The highest BCUT2D eigenvalue weighted by Gasteiger charge is 2.13. The van der Waals surface area contributed by atoms with Gasteiger partial charge in [-0.15, -0.1) is 0 Å². The summed E-state index contributed by atoms with van der Waals surface area (Å²) in [5.41, 5.74) is 7.69. The number of hydrogen-bond acceptors (Lipinski definition) is 4. The molecule has 0 aromatic heterocycles. The quantitative estimate of drug-likeness (QED) is 0.749. The second-order valence-electron chi connectivity index (χ2n) is 4.01. The maximum absolute atomic E-state index is 11.2. The molecule has 0 aliphatic carbocycles. The minimum absolute atomic E-state index is 0.0845. The zero-order valence-corrected chi connectivity index (χ0v) is 11.8. The number of nitriles is 1. The Morgan fingerprint density at radius 2 is 2.10 bits per heavy atom. The molecule has 6 heteroatoms. The van der Waals surface area contributed by atoms with E-state index in [-0.39, 0.29) is 5.56 Å². The van der Waals surface area contributed by atoms with Gasteiger partial charge in [0.15, 0.2) is 0 Å². The third-order valence-corrected chi connectivity index (χ3v) is 3.34. The SMILES string of the molecule is N#Cc1ccc(Nc2c(N)cccc2C(=O)O)c(Br)c1. The van der Waals surface area contributed by atoms with E-state index in [0.717, 1.165) is 0 Å². The van der Waals surface area contributed by atoms with Crippen LogP contribution in [0, 0.1) is 11.3 Å². The van der Waals surface area contributed by atoms with Gasteiger partial charge in [-0.2, -0.15) is 5.26 Å². The number of anilines is 3. The van der Waals surface area contributed by atoms with Gasteiger partial charge in [-0.25, -0.2) is 4.79 Å². The van der Waals surface area contributed by atoms with Gasteiger partial charge in [0, 0.05) is 4.47 Å². The van der Waals surface area contributed by atoms with E-state index in [4.69, 9.17) is 16.1 Å². The van der Waals surface area contributed by atoms with Gasteiger partial charge in [-0.1, -0.05) is 6.07 Å². The Bertz CT molecular complexity index is 723. The van der Waals surface area contributed by atoms with Gasteiger partial charge in [0.1, 0.15) is 0 Å². The minimum atomic E-state index is -1.07. The van der Waals surface area contributed by atoms with Crippen LogP contribution in [0.15, 0.2) is 40.9 Å². The highest BCUT2D eigenvalue weighted by Crippen LogP contribution is 2.31.